The molecule has 1 heterocycles. The van der Waals surface area contributed by atoms with E-state index in [4.69, 9.17) is 16.3 Å². The van der Waals surface area contributed by atoms with E-state index in [1.54, 1.807) is 0 Å². The topological polar surface area (TPSA) is 21.3 Å². The van der Waals surface area contributed by atoms with E-state index in [0.717, 1.165) is 28.2 Å². The Morgan fingerprint density at radius 2 is 2.27 bits per heavy atom. The van der Waals surface area contributed by atoms with Crippen LogP contribution >= 0.6 is 39.9 Å². The van der Waals surface area contributed by atoms with Crippen molar-refractivity contribution in [3.05, 3.63) is 33.3 Å². The number of ether oxygens (including phenoxy) is 1. The first-order chi connectivity index (χ1) is 6.77. The van der Waals surface area contributed by atoms with Crippen LogP contribution in [0.5, 0.6) is 0 Å². The summed E-state index contributed by atoms with van der Waals surface area (Å²) < 4.78 is 6.44. The standard InChI is InChI=1S/C10H11BrClNO.ClH/c11-7-1-2-9(12)8(5-7)10-6-14-4-3-13-10;/h1-2,5,10,13H,3-4,6H2;1H/t10-;/m0./s1. The average Bonchev–Trinajstić information content (AvgIpc) is 2.23. The predicted octanol–water partition coefficient (Wildman–Crippen LogP) is 3.19. The third-order valence-corrected chi connectivity index (χ3v) is 3.09. The second-order valence-corrected chi connectivity index (χ2v) is 4.57. The van der Waals surface area contributed by atoms with Crippen molar-refractivity contribution in [2.24, 2.45) is 0 Å². The first-order valence-electron chi connectivity index (χ1n) is 4.53. The summed E-state index contributed by atoms with van der Waals surface area (Å²) >= 11 is 9.55. The fourth-order valence-electron chi connectivity index (χ4n) is 1.55. The SMILES string of the molecule is Cl.Clc1ccc(Br)cc1[C@@H]1COCCN1. The van der Waals surface area contributed by atoms with Crippen molar-refractivity contribution in [1.29, 1.82) is 0 Å². The summed E-state index contributed by atoms with van der Waals surface area (Å²) in [5.41, 5.74) is 1.10. The molecule has 0 saturated carbocycles. The minimum atomic E-state index is 0. The van der Waals surface area contributed by atoms with E-state index in [0.29, 0.717) is 6.61 Å². The van der Waals surface area contributed by atoms with Gasteiger partial charge in [-0.1, -0.05) is 27.5 Å². The lowest BCUT2D eigenvalue weighted by atomic mass is 10.1. The lowest BCUT2D eigenvalue weighted by Crippen LogP contribution is -2.34. The highest BCUT2D eigenvalue weighted by Crippen LogP contribution is 2.27. The Morgan fingerprint density at radius 1 is 1.47 bits per heavy atom. The molecule has 0 spiro atoms. The fraction of sp³-hybridized carbons (Fsp3) is 0.400. The fourth-order valence-corrected chi connectivity index (χ4v) is 2.17. The minimum absolute atomic E-state index is 0. The van der Waals surface area contributed by atoms with Crippen molar-refractivity contribution >= 4 is 39.9 Å². The third kappa shape index (κ3) is 3.33. The van der Waals surface area contributed by atoms with Crippen LogP contribution in [0.25, 0.3) is 0 Å². The van der Waals surface area contributed by atoms with E-state index in [2.05, 4.69) is 21.2 Å². The molecule has 1 saturated heterocycles. The van der Waals surface area contributed by atoms with Crippen LogP contribution in [0.2, 0.25) is 5.02 Å². The van der Waals surface area contributed by atoms with Gasteiger partial charge in [-0.2, -0.15) is 0 Å². The molecule has 1 atom stereocenters. The number of halogens is 3. The smallest absolute Gasteiger partial charge is 0.0662 e. The molecule has 84 valence electrons. The maximum atomic E-state index is 6.11. The molecule has 1 fully saturated rings. The predicted molar refractivity (Wildman–Crippen MR) is 68.0 cm³/mol. The highest BCUT2D eigenvalue weighted by Gasteiger charge is 2.17. The van der Waals surface area contributed by atoms with Crippen molar-refractivity contribution in [2.75, 3.05) is 19.8 Å². The Morgan fingerprint density at radius 3 is 2.93 bits per heavy atom. The Kier molecular flexibility index (Phi) is 5.36. The third-order valence-electron chi connectivity index (χ3n) is 2.26. The van der Waals surface area contributed by atoms with Crippen LogP contribution in [0, 0.1) is 0 Å². The molecule has 1 aliphatic rings. The molecule has 1 aromatic carbocycles. The van der Waals surface area contributed by atoms with Gasteiger partial charge in [0, 0.05) is 16.0 Å². The maximum absolute atomic E-state index is 6.11. The van der Waals surface area contributed by atoms with Crippen LogP contribution in [0.3, 0.4) is 0 Å². The molecule has 15 heavy (non-hydrogen) atoms. The highest BCUT2D eigenvalue weighted by atomic mass is 79.9. The summed E-state index contributed by atoms with van der Waals surface area (Å²) in [5.74, 6) is 0. The van der Waals surface area contributed by atoms with Crippen molar-refractivity contribution in [2.45, 2.75) is 6.04 Å². The number of rotatable bonds is 1. The first kappa shape index (κ1) is 13.3. The van der Waals surface area contributed by atoms with Crippen molar-refractivity contribution in [3.8, 4) is 0 Å². The van der Waals surface area contributed by atoms with Crippen molar-refractivity contribution in [3.63, 3.8) is 0 Å². The van der Waals surface area contributed by atoms with E-state index < -0.39 is 0 Å². The molecule has 2 nitrogen and oxygen atoms in total. The van der Waals surface area contributed by atoms with Gasteiger partial charge in [0.05, 0.1) is 19.3 Å². The molecule has 0 aromatic heterocycles. The number of nitrogens with one attached hydrogen (secondary N) is 1. The van der Waals surface area contributed by atoms with E-state index in [1.165, 1.54) is 0 Å². The highest BCUT2D eigenvalue weighted by molar-refractivity contribution is 9.10. The maximum Gasteiger partial charge on any atom is 0.0662 e. The second-order valence-electron chi connectivity index (χ2n) is 3.25. The van der Waals surface area contributed by atoms with Crippen molar-refractivity contribution < 1.29 is 4.74 Å². The van der Waals surface area contributed by atoms with E-state index in [1.807, 2.05) is 18.2 Å². The molecule has 1 N–H and O–H groups in total. The van der Waals surface area contributed by atoms with Crippen LogP contribution in [-0.4, -0.2) is 19.8 Å². The van der Waals surface area contributed by atoms with Gasteiger partial charge in [-0.15, -0.1) is 12.4 Å². The zero-order valence-corrected chi connectivity index (χ0v) is 11.2. The number of hydrogen-bond acceptors (Lipinski definition) is 2. The van der Waals surface area contributed by atoms with Crippen LogP contribution < -0.4 is 5.32 Å². The van der Waals surface area contributed by atoms with Gasteiger partial charge in [-0.3, -0.25) is 0 Å². The summed E-state index contributed by atoms with van der Waals surface area (Å²) in [6.07, 6.45) is 0. The van der Waals surface area contributed by atoms with Crippen LogP contribution in [0.15, 0.2) is 22.7 Å². The van der Waals surface area contributed by atoms with Gasteiger partial charge in [0.1, 0.15) is 0 Å². The summed E-state index contributed by atoms with van der Waals surface area (Å²) in [6, 6.07) is 6.09. The molecule has 5 heteroatoms. The monoisotopic (exact) mass is 311 g/mol. The van der Waals surface area contributed by atoms with Gasteiger partial charge in [-0.25, -0.2) is 0 Å². The number of morpholine rings is 1. The second kappa shape index (κ2) is 6.06. The Hall–Kier alpha value is 0.200. The number of hydrogen-bond donors (Lipinski definition) is 1. The van der Waals surface area contributed by atoms with Gasteiger partial charge in [0.15, 0.2) is 0 Å². The molecule has 0 bridgehead atoms. The largest absolute Gasteiger partial charge is 0.378 e. The summed E-state index contributed by atoms with van der Waals surface area (Å²) in [4.78, 5) is 0. The molecule has 0 unspecified atom stereocenters. The number of benzene rings is 1. The van der Waals surface area contributed by atoms with E-state index in [-0.39, 0.29) is 18.4 Å². The lowest BCUT2D eigenvalue weighted by molar-refractivity contribution is 0.0769. The van der Waals surface area contributed by atoms with Crippen LogP contribution in [0.4, 0.5) is 0 Å². The van der Waals surface area contributed by atoms with Crippen molar-refractivity contribution in [1.82, 2.24) is 5.32 Å². The normalized spacial score (nSPS) is 20.8. The Labute approximate surface area is 109 Å². The molecule has 0 radical (unpaired) electrons. The summed E-state index contributed by atoms with van der Waals surface area (Å²) in [7, 11) is 0. The molecule has 2 rings (SSSR count). The molecular formula is C10H12BrCl2NO. The molecule has 0 aliphatic carbocycles. The Bertz CT molecular complexity index is 329. The average molecular weight is 313 g/mol. The van der Waals surface area contributed by atoms with E-state index >= 15 is 0 Å². The van der Waals surface area contributed by atoms with Crippen LogP contribution in [0.1, 0.15) is 11.6 Å². The molecule has 1 aliphatic heterocycles. The van der Waals surface area contributed by atoms with Crippen LogP contribution in [-0.2, 0) is 4.74 Å². The zero-order valence-electron chi connectivity index (χ0n) is 8.00. The van der Waals surface area contributed by atoms with E-state index in [9.17, 15) is 0 Å². The van der Waals surface area contributed by atoms with Gasteiger partial charge in [0.25, 0.3) is 0 Å². The summed E-state index contributed by atoms with van der Waals surface area (Å²) in [5, 5.41) is 4.16. The van der Waals surface area contributed by atoms with Gasteiger partial charge in [0.2, 0.25) is 0 Å². The minimum Gasteiger partial charge on any atom is -0.378 e. The van der Waals surface area contributed by atoms with Gasteiger partial charge in [-0.05, 0) is 23.8 Å². The quantitative estimate of drug-likeness (QED) is 0.860. The molecular weight excluding hydrogens is 301 g/mol. The summed E-state index contributed by atoms with van der Waals surface area (Å²) in [6.45, 7) is 2.35. The molecule has 1 aromatic rings. The molecule has 0 amide bonds. The first-order valence-corrected chi connectivity index (χ1v) is 5.70. The zero-order chi connectivity index (χ0) is 9.97. The lowest BCUT2D eigenvalue weighted by Gasteiger charge is -2.25. The Balaban J connectivity index is 0.00000112. The van der Waals surface area contributed by atoms with Gasteiger partial charge >= 0.3 is 0 Å². The van der Waals surface area contributed by atoms with Gasteiger partial charge < -0.3 is 10.1 Å².